The van der Waals surface area contributed by atoms with Crippen LogP contribution in [0.4, 0.5) is 11.4 Å². The summed E-state index contributed by atoms with van der Waals surface area (Å²) in [4.78, 5) is 11.1. The average Bonchev–Trinajstić information content (AvgIpc) is 2.43. The van der Waals surface area contributed by atoms with Crippen LogP contribution in [0, 0.1) is 6.92 Å². The van der Waals surface area contributed by atoms with Crippen molar-refractivity contribution in [3.05, 3.63) is 66.7 Å². The van der Waals surface area contributed by atoms with Gasteiger partial charge in [0.1, 0.15) is 5.75 Å². The van der Waals surface area contributed by atoms with Gasteiger partial charge in [0.05, 0.1) is 0 Å². The Labute approximate surface area is 112 Å². The van der Waals surface area contributed by atoms with Gasteiger partial charge in [0, 0.05) is 17.5 Å². The van der Waals surface area contributed by atoms with Crippen molar-refractivity contribution in [2.24, 2.45) is 0 Å². The Kier molecular flexibility index (Phi) is 3.98. The van der Waals surface area contributed by atoms with E-state index < -0.39 is 5.97 Å². The molecule has 0 aliphatic heterocycles. The number of carbonyl (C=O) groups excluding carboxylic acids is 1. The van der Waals surface area contributed by atoms with Gasteiger partial charge in [0.25, 0.3) is 0 Å². The number of esters is 1. The van der Waals surface area contributed by atoms with Crippen molar-refractivity contribution in [3.8, 4) is 5.75 Å². The zero-order chi connectivity index (χ0) is 13.7. The van der Waals surface area contributed by atoms with E-state index in [-0.39, 0.29) is 0 Å². The van der Waals surface area contributed by atoms with Crippen LogP contribution in [0.15, 0.2) is 61.2 Å². The summed E-state index contributed by atoms with van der Waals surface area (Å²) in [6.45, 7) is 5.32. The fourth-order valence-corrected chi connectivity index (χ4v) is 1.67. The lowest BCUT2D eigenvalue weighted by molar-refractivity contribution is -0.128. The normalized spacial score (nSPS) is 9.74. The third-order valence-corrected chi connectivity index (χ3v) is 2.64. The van der Waals surface area contributed by atoms with Crippen molar-refractivity contribution in [1.29, 1.82) is 0 Å². The summed E-state index contributed by atoms with van der Waals surface area (Å²) >= 11 is 0. The number of para-hydroxylation sites is 1. The van der Waals surface area contributed by atoms with Gasteiger partial charge in [0.2, 0.25) is 0 Å². The molecule has 3 heteroatoms. The number of benzene rings is 2. The van der Waals surface area contributed by atoms with Crippen molar-refractivity contribution in [1.82, 2.24) is 0 Å². The Hall–Kier alpha value is -2.55. The van der Waals surface area contributed by atoms with Crippen LogP contribution >= 0.6 is 0 Å². The van der Waals surface area contributed by atoms with Crippen molar-refractivity contribution < 1.29 is 9.53 Å². The van der Waals surface area contributed by atoms with E-state index in [0.717, 1.165) is 23.0 Å². The molecule has 0 saturated heterocycles. The number of aryl methyl sites for hydroxylation is 1. The Balaban J connectivity index is 2.15. The summed E-state index contributed by atoms with van der Waals surface area (Å²) in [5.41, 5.74) is 2.99. The maximum absolute atomic E-state index is 11.1. The number of hydrogen-bond donors (Lipinski definition) is 1. The molecule has 0 saturated carbocycles. The molecule has 0 aliphatic carbocycles. The molecule has 0 fully saturated rings. The Morgan fingerprint density at radius 1 is 1.21 bits per heavy atom. The molecule has 0 heterocycles. The van der Waals surface area contributed by atoms with Gasteiger partial charge >= 0.3 is 5.97 Å². The van der Waals surface area contributed by atoms with Crippen molar-refractivity contribution in [2.75, 3.05) is 5.32 Å². The molecule has 2 aromatic carbocycles. The van der Waals surface area contributed by atoms with Gasteiger partial charge in [0.15, 0.2) is 0 Å². The highest BCUT2D eigenvalue weighted by atomic mass is 16.5. The molecule has 0 amide bonds. The van der Waals surface area contributed by atoms with Gasteiger partial charge in [-0.05, 0) is 42.8 Å². The number of ether oxygens (including phenoxy) is 1. The standard InChI is InChI=1S/C16H15NO2/c1-3-16(18)19-14-9-10-15(12(2)11-14)17-13-7-5-4-6-8-13/h3-11,17H,1H2,2H3. The fourth-order valence-electron chi connectivity index (χ4n) is 1.67. The van der Waals surface area contributed by atoms with E-state index in [9.17, 15) is 4.79 Å². The van der Waals surface area contributed by atoms with Gasteiger partial charge < -0.3 is 10.1 Å². The van der Waals surface area contributed by atoms with Crippen molar-refractivity contribution in [3.63, 3.8) is 0 Å². The van der Waals surface area contributed by atoms with E-state index in [2.05, 4.69) is 11.9 Å². The van der Waals surface area contributed by atoms with Crippen molar-refractivity contribution in [2.45, 2.75) is 6.92 Å². The third kappa shape index (κ3) is 3.45. The molecule has 96 valence electrons. The average molecular weight is 253 g/mol. The molecule has 0 aliphatic rings. The summed E-state index contributed by atoms with van der Waals surface area (Å²) < 4.78 is 5.06. The molecule has 0 atom stereocenters. The van der Waals surface area contributed by atoms with Crippen LogP contribution in [-0.4, -0.2) is 5.97 Å². The molecular weight excluding hydrogens is 238 g/mol. The second-order valence-corrected chi connectivity index (χ2v) is 4.09. The van der Waals surface area contributed by atoms with E-state index in [4.69, 9.17) is 4.74 Å². The second kappa shape index (κ2) is 5.87. The SMILES string of the molecule is C=CC(=O)Oc1ccc(Nc2ccccc2)c(C)c1. The minimum absolute atomic E-state index is 0.455. The molecule has 3 nitrogen and oxygen atoms in total. The second-order valence-electron chi connectivity index (χ2n) is 4.09. The number of hydrogen-bond acceptors (Lipinski definition) is 3. The predicted octanol–water partition coefficient (Wildman–Crippen LogP) is 3.83. The van der Waals surface area contributed by atoms with Gasteiger partial charge in [-0.2, -0.15) is 0 Å². The van der Waals surface area contributed by atoms with Crippen LogP contribution in [0.5, 0.6) is 5.75 Å². The topological polar surface area (TPSA) is 38.3 Å². The van der Waals surface area contributed by atoms with Crippen LogP contribution < -0.4 is 10.1 Å². The van der Waals surface area contributed by atoms with Crippen molar-refractivity contribution >= 4 is 17.3 Å². The zero-order valence-corrected chi connectivity index (χ0v) is 10.7. The van der Waals surface area contributed by atoms with Gasteiger partial charge in [-0.1, -0.05) is 24.8 Å². The van der Waals surface area contributed by atoms with Gasteiger partial charge in [-0.15, -0.1) is 0 Å². The molecular formula is C16H15NO2. The number of carbonyl (C=O) groups is 1. The minimum Gasteiger partial charge on any atom is -0.423 e. The van der Waals surface area contributed by atoms with Crippen LogP contribution in [0.3, 0.4) is 0 Å². The summed E-state index contributed by atoms with van der Waals surface area (Å²) in [6.07, 6.45) is 1.14. The highest BCUT2D eigenvalue weighted by Gasteiger charge is 2.04. The highest BCUT2D eigenvalue weighted by molar-refractivity contribution is 5.83. The molecule has 0 aromatic heterocycles. The minimum atomic E-state index is -0.455. The number of rotatable bonds is 4. The smallest absolute Gasteiger partial charge is 0.335 e. The number of nitrogens with one attached hydrogen (secondary N) is 1. The molecule has 2 aromatic rings. The lowest BCUT2D eigenvalue weighted by Crippen LogP contribution is -2.03. The maximum Gasteiger partial charge on any atom is 0.335 e. The lowest BCUT2D eigenvalue weighted by atomic mass is 10.2. The predicted molar refractivity (Wildman–Crippen MR) is 76.7 cm³/mol. The van der Waals surface area contributed by atoms with E-state index in [1.54, 1.807) is 6.07 Å². The number of anilines is 2. The Morgan fingerprint density at radius 3 is 2.58 bits per heavy atom. The van der Waals surface area contributed by atoms with Gasteiger partial charge in [-0.3, -0.25) is 0 Å². The molecule has 19 heavy (non-hydrogen) atoms. The summed E-state index contributed by atoms with van der Waals surface area (Å²) in [5, 5.41) is 3.31. The highest BCUT2D eigenvalue weighted by Crippen LogP contribution is 2.24. The first-order chi connectivity index (χ1) is 9.19. The van der Waals surface area contributed by atoms with E-state index in [0.29, 0.717) is 5.75 Å². The maximum atomic E-state index is 11.1. The summed E-state index contributed by atoms with van der Waals surface area (Å²) in [7, 11) is 0. The molecule has 0 radical (unpaired) electrons. The first kappa shape index (κ1) is 12.9. The Morgan fingerprint density at radius 2 is 1.95 bits per heavy atom. The zero-order valence-electron chi connectivity index (χ0n) is 10.7. The van der Waals surface area contributed by atoms with Gasteiger partial charge in [-0.25, -0.2) is 4.79 Å². The molecule has 0 unspecified atom stereocenters. The van der Waals surface area contributed by atoms with Crippen LogP contribution in [0.1, 0.15) is 5.56 Å². The first-order valence-corrected chi connectivity index (χ1v) is 5.96. The van der Waals surface area contributed by atoms with Crippen LogP contribution in [0.2, 0.25) is 0 Å². The third-order valence-electron chi connectivity index (χ3n) is 2.64. The largest absolute Gasteiger partial charge is 0.423 e. The van der Waals surface area contributed by atoms with E-state index >= 15 is 0 Å². The quantitative estimate of drug-likeness (QED) is 0.511. The first-order valence-electron chi connectivity index (χ1n) is 5.96. The molecule has 0 bridgehead atoms. The monoisotopic (exact) mass is 253 g/mol. The summed E-state index contributed by atoms with van der Waals surface area (Å²) in [6, 6.07) is 15.3. The molecule has 1 N–H and O–H groups in total. The van der Waals surface area contributed by atoms with Crippen LogP contribution in [0.25, 0.3) is 0 Å². The van der Waals surface area contributed by atoms with E-state index in [1.165, 1.54) is 0 Å². The van der Waals surface area contributed by atoms with Crippen LogP contribution in [-0.2, 0) is 4.79 Å². The van der Waals surface area contributed by atoms with E-state index in [1.807, 2.05) is 49.4 Å². The summed E-state index contributed by atoms with van der Waals surface area (Å²) in [5.74, 6) is 0.0594. The molecule has 2 rings (SSSR count). The lowest BCUT2D eigenvalue weighted by Gasteiger charge is -2.11. The Bertz CT molecular complexity index is 591. The molecule has 0 spiro atoms. The fraction of sp³-hybridized carbons (Fsp3) is 0.0625.